The summed E-state index contributed by atoms with van der Waals surface area (Å²) in [6, 6.07) is 2.84. The lowest BCUT2D eigenvalue weighted by Crippen LogP contribution is -2.05. The van der Waals surface area contributed by atoms with Gasteiger partial charge >= 0.3 is 5.97 Å². The van der Waals surface area contributed by atoms with Gasteiger partial charge in [0.25, 0.3) is 0 Å². The SMILES string of the molecule is Cc1ncnc(NCc2ccc(C(=O)O)o2)c1F. The molecule has 0 fully saturated rings. The quantitative estimate of drug-likeness (QED) is 0.861. The van der Waals surface area contributed by atoms with Crippen molar-refractivity contribution >= 4 is 11.8 Å². The minimum atomic E-state index is -1.15. The molecule has 0 radical (unpaired) electrons. The molecule has 0 spiro atoms. The molecule has 94 valence electrons. The number of nitrogens with one attached hydrogen (secondary N) is 1. The highest BCUT2D eigenvalue weighted by Gasteiger charge is 2.11. The second-order valence-corrected chi connectivity index (χ2v) is 3.55. The lowest BCUT2D eigenvalue weighted by molar-refractivity contribution is 0.0660. The van der Waals surface area contributed by atoms with Crippen LogP contribution in [-0.4, -0.2) is 21.0 Å². The minimum absolute atomic E-state index is 0.0516. The van der Waals surface area contributed by atoms with Gasteiger partial charge in [-0.15, -0.1) is 0 Å². The molecule has 0 atom stereocenters. The van der Waals surface area contributed by atoms with Gasteiger partial charge < -0.3 is 14.8 Å². The third-order valence-corrected chi connectivity index (χ3v) is 2.27. The highest BCUT2D eigenvalue weighted by atomic mass is 19.1. The van der Waals surface area contributed by atoms with Crippen LogP contribution in [0.3, 0.4) is 0 Å². The van der Waals surface area contributed by atoms with Crippen molar-refractivity contribution in [3.8, 4) is 0 Å². The zero-order chi connectivity index (χ0) is 13.1. The number of anilines is 1. The van der Waals surface area contributed by atoms with Crippen LogP contribution in [0, 0.1) is 12.7 Å². The zero-order valence-electron chi connectivity index (χ0n) is 9.48. The summed E-state index contributed by atoms with van der Waals surface area (Å²) in [6.45, 7) is 1.66. The monoisotopic (exact) mass is 251 g/mol. The molecule has 0 saturated heterocycles. The number of nitrogens with zero attached hydrogens (tertiary/aromatic N) is 2. The highest BCUT2D eigenvalue weighted by Crippen LogP contribution is 2.14. The van der Waals surface area contributed by atoms with E-state index in [1.165, 1.54) is 25.4 Å². The summed E-state index contributed by atoms with van der Waals surface area (Å²) >= 11 is 0. The fourth-order valence-corrected chi connectivity index (χ4v) is 1.34. The van der Waals surface area contributed by atoms with Gasteiger partial charge in [0.05, 0.1) is 12.2 Å². The lowest BCUT2D eigenvalue weighted by atomic mass is 10.4. The van der Waals surface area contributed by atoms with E-state index < -0.39 is 11.8 Å². The first kappa shape index (κ1) is 12.0. The number of rotatable bonds is 4. The van der Waals surface area contributed by atoms with E-state index in [0.717, 1.165) is 0 Å². The number of carboxylic acids is 1. The molecule has 2 aromatic rings. The first-order valence-electron chi connectivity index (χ1n) is 5.11. The summed E-state index contributed by atoms with van der Waals surface area (Å²) in [7, 11) is 0. The molecule has 0 aliphatic carbocycles. The topological polar surface area (TPSA) is 88.2 Å². The van der Waals surface area contributed by atoms with Crippen molar-refractivity contribution in [1.29, 1.82) is 0 Å². The van der Waals surface area contributed by atoms with Crippen LogP contribution in [0.15, 0.2) is 22.9 Å². The summed E-state index contributed by atoms with van der Waals surface area (Å²) in [5.74, 6) is -1.42. The van der Waals surface area contributed by atoms with Gasteiger partial charge in [-0.05, 0) is 19.1 Å². The molecule has 2 N–H and O–H groups in total. The molecule has 0 aliphatic heterocycles. The van der Waals surface area contributed by atoms with Crippen molar-refractivity contribution in [3.05, 3.63) is 41.5 Å². The molecule has 7 heteroatoms. The van der Waals surface area contributed by atoms with Crippen LogP contribution in [0.4, 0.5) is 10.2 Å². The highest BCUT2D eigenvalue weighted by molar-refractivity contribution is 5.84. The van der Waals surface area contributed by atoms with Gasteiger partial charge in [0.1, 0.15) is 12.1 Å². The minimum Gasteiger partial charge on any atom is -0.475 e. The van der Waals surface area contributed by atoms with Crippen molar-refractivity contribution < 1.29 is 18.7 Å². The Morgan fingerprint density at radius 3 is 2.94 bits per heavy atom. The number of hydrogen-bond acceptors (Lipinski definition) is 5. The van der Waals surface area contributed by atoms with E-state index in [0.29, 0.717) is 5.76 Å². The second-order valence-electron chi connectivity index (χ2n) is 3.55. The Balaban J connectivity index is 2.07. The molecule has 6 nitrogen and oxygen atoms in total. The predicted molar refractivity (Wildman–Crippen MR) is 59.7 cm³/mol. The van der Waals surface area contributed by atoms with E-state index in [4.69, 9.17) is 9.52 Å². The van der Waals surface area contributed by atoms with Crippen LogP contribution in [0.5, 0.6) is 0 Å². The smallest absolute Gasteiger partial charge is 0.371 e. The number of hydrogen-bond donors (Lipinski definition) is 2. The van der Waals surface area contributed by atoms with E-state index in [9.17, 15) is 9.18 Å². The fourth-order valence-electron chi connectivity index (χ4n) is 1.34. The molecule has 0 saturated carbocycles. The molecule has 2 heterocycles. The molecule has 0 aliphatic rings. The Bertz CT molecular complexity index is 583. The third kappa shape index (κ3) is 2.45. The van der Waals surface area contributed by atoms with E-state index in [1.54, 1.807) is 0 Å². The summed E-state index contributed by atoms with van der Waals surface area (Å²) in [4.78, 5) is 18.0. The number of aromatic carboxylic acids is 1. The summed E-state index contributed by atoms with van der Waals surface area (Å²) in [6.07, 6.45) is 1.24. The maximum Gasteiger partial charge on any atom is 0.371 e. The molecule has 2 aromatic heterocycles. The summed E-state index contributed by atoms with van der Waals surface area (Å²) < 4.78 is 18.5. The van der Waals surface area contributed by atoms with Gasteiger partial charge in [0, 0.05) is 0 Å². The van der Waals surface area contributed by atoms with Gasteiger partial charge in [-0.1, -0.05) is 0 Å². The van der Waals surface area contributed by atoms with Crippen molar-refractivity contribution in [2.24, 2.45) is 0 Å². The van der Waals surface area contributed by atoms with E-state index >= 15 is 0 Å². The second kappa shape index (κ2) is 4.82. The standard InChI is InChI=1S/C11H10FN3O3/c1-6-9(12)10(15-5-14-6)13-4-7-2-3-8(18-7)11(16)17/h2-3,5H,4H2,1H3,(H,16,17)(H,13,14,15). The van der Waals surface area contributed by atoms with Crippen LogP contribution in [0.2, 0.25) is 0 Å². The van der Waals surface area contributed by atoms with Gasteiger partial charge in [-0.25, -0.2) is 19.2 Å². The van der Waals surface area contributed by atoms with E-state index in [1.807, 2.05) is 0 Å². The van der Waals surface area contributed by atoms with E-state index in [-0.39, 0.29) is 23.8 Å². The largest absolute Gasteiger partial charge is 0.475 e. The molecular weight excluding hydrogens is 241 g/mol. The third-order valence-electron chi connectivity index (χ3n) is 2.27. The number of carboxylic acid groups (broad SMARTS) is 1. The average Bonchev–Trinajstić information content (AvgIpc) is 2.80. The Morgan fingerprint density at radius 1 is 1.50 bits per heavy atom. The summed E-state index contributed by atoms with van der Waals surface area (Å²) in [5.41, 5.74) is 0.234. The van der Waals surface area contributed by atoms with Crippen LogP contribution < -0.4 is 5.32 Å². The normalized spacial score (nSPS) is 10.3. The molecule has 0 unspecified atom stereocenters. The Kier molecular flexibility index (Phi) is 3.22. The van der Waals surface area contributed by atoms with Gasteiger partial charge in [-0.2, -0.15) is 0 Å². The van der Waals surface area contributed by atoms with Crippen LogP contribution in [0.1, 0.15) is 22.0 Å². The molecule has 0 aromatic carbocycles. The Labute approximate surface area is 101 Å². The number of halogens is 1. The number of aromatic nitrogens is 2. The maximum atomic E-state index is 13.5. The summed E-state index contributed by atoms with van der Waals surface area (Å²) in [5, 5.41) is 11.4. The predicted octanol–water partition coefficient (Wildman–Crippen LogP) is 1.83. The van der Waals surface area contributed by atoms with Gasteiger partial charge in [0.2, 0.25) is 5.76 Å². The van der Waals surface area contributed by atoms with E-state index in [2.05, 4.69) is 15.3 Å². The molecule has 18 heavy (non-hydrogen) atoms. The Morgan fingerprint density at radius 2 is 2.28 bits per heavy atom. The molecule has 2 rings (SSSR count). The lowest BCUT2D eigenvalue weighted by Gasteiger charge is -2.05. The number of aryl methyl sites for hydroxylation is 1. The van der Waals surface area contributed by atoms with Crippen molar-refractivity contribution in [3.63, 3.8) is 0 Å². The van der Waals surface area contributed by atoms with Crippen LogP contribution in [0.25, 0.3) is 0 Å². The maximum absolute atomic E-state index is 13.5. The molecule has 0 amide bonds. The Hall–Kier alpha value is -2.44. The van der Waals surface area contributed by atoms with Crippen LogP contribution >= 0.6 is 0 Å². The number of carbonyl (C=O) groups is 1. The first-order chi connectivity index (χ1) is 8.58. The van der Waals surface area contributed by atoms with Crippen molar-refractivity contribution in [1.82, 2.24) is 9.97 Å². The fraction of sp³-hybridized carbons (Fsp3) is 0.182. The molecular formula is C11H10FN3O3. The number of furan rings is 1. The first-order valence-corrected chi connectivity index (χ1v) is 5.11. The van der Waals surface area contributed by atoms with Gasteiger partial charge in [-0.3, -0.25) is 0 Å². The van der Waals surface area contributed by atoms with Crippen molar-refractivity contribution in [2.45, 2.75) is 13.5 Å². The zero-order valence-corrected chi connectivity index (χ0v) is 9.48. The van der Waals surface area contributed by atoms with Gasteiger partial charge in [0.15, 0.2) is 11.6 Å². The van der Waals surface area contributed by atoms with Crippen molar-refractivity contribution in [2.75, 3.05) is 5.32 Å². The van der Waals surface area contributed by atoms with Crippen LogP contribution in [-0.2, 0) is 6.54 Å². The molecule has 0 bridgehead atoms. The average molecular weight is 251 g/mol.